The van der Waals surface area contributed by atoms with E-state index in [1.807, 2.05) is 0 Å². The first-order valence-corrected chi connectivity index (χ1v) is 5.88. The van der Waals surface area contributed by atoms with E-state index in [2.05, 4.69) is 0 Å². The zero-order valence-electron chi connectivity index (χ0n) is 10.6. The molecule has 1 unspecified atom stereocenters. The lowest BCUT2D eigenvalue weighted by molar-refractivity contribution is -0.248. The van der Waals surface area contributed by atoms with Gasteiger partial charge in [-0.2, -0.15) is 13.2 Å². The van der Waals surface area contributed by atoms with Crippen LogP contribution in [0.5, 0.6) is 0 Å². The van der Waals surface area contributed by atoms with Crippen molar-refractivity contribution in [3.8, 4) is 0 Å². The number of aliphatic hydroxyl groups is 1. The van der Waals surface area contributed by atoms with E-state index in [4.69, 9.17) is 0 Å². The molecule has 0 amide bonds. The summed E-state index contributed by atoms with van der Waals surface area (Å²) in [6.45, 7) is 1.48. The summed E-state index contributed by atoms with van der Waals surface area (Å²) in [4.78, 5) is 0. The highest BCUT2D eigenvalue weighted by atomic mass is 19.4. The summed E-state index contributed by atoms with van der Waals surface area (Å²) in [6.07, 6.45) is -4.92. The third kappa shape index (κ3) is 2.29. The molecule has 2 aromatic rings. The van der Waals surface area contributed by atoms with Crippen molar-refractivity contribution < 1.29 is 22.7 Å². The molecule has 0 aliphatic rings. The lowest BCUT2D eigenvalue weighted by Crippen LogP contribution is -2.43. The van der Waals surface area contributed by atoms with Gasteiger partial charge in [0.05, 0.1) is 0 Å². The first kappa shape index (κ1) is 14.5. The van der Waals surface area contributed by atoms with E-state index in [1.165, 1.54) is 25.1 Å². The SMILES string of the molecule is Cc1ccccc1C(O)(c1ccc(F)cc1)C(F)(F)F. The van der Waals surface area contributed by atoms with Crippen LogP contribution in [0.2, 0.25) is 0 Å². The van der Waals surface area contributed by atoms with E-state index in [0.29, 0.717) is 5.56 Å². The van der Waals surface area contributed by atoms with Crippen molar-refractivity contribution in [3.63, 3.8) is 0 Å². The molecule has 0 aliphatic carbocycles. The van der Waals surface area contributed by atoms with Crippen LogP contribution >= 0.6 is 0 Å². The molecule has 2 aromatic carbocycles. The molecule has 0 heterocycles. The van der Waals surface area contributed by atoms with Gasteiger partial charge in [0.15, 0.2) is 0 Å². The van der Waals surface area contributed by atoms with Crippen LogP contribution < -0.4 is 0 Å². The predicted molar refractivity (Wildman–Crippen MR) is 66.6 cm³/mol. The molecule has 0 fully saturated rings. The van der Waals surface area contributed by atoms with E-state index in [0.717, 1.165) is 24.3 Å². The second-order valence-electron chi connectivity index (χ2n) is 4.53. The molecule has 0 radical (unpaired) electrons. The second kappa shape index (κ2) is 4.90. The number of hydrogen-bond acceptors (Lipinski definition) is 1. The summed E-state index contributed by atoms with van der Waals surface area (Å²) in [5.41, 5.74) is -3.54. The molecular formula is C15H12F4O. The Labute approximate surface area is 113 Å². The topological polar surface area (TPSA) is 20.2 Å². The van der Waals surface area contributed by atoms with Gasteiger partial charge in [0.1, 0.15) is 5.82 Å². The van der Waals surface area contributed by atoms with E-state index in [-0.39, 0.29) is 5.56 Å². The Morgan fingerprint density at radius 2 is 1.45 bits per heavy atom. The van der Waals surface area contributed by atoms with E-state index in [1.54, 1.807) is 6.07 Å². The molecule has 0 spiro atoms. The maximum Gasteiger partial charge on any atom is 0.425 e. The van der Waals surface area contributed by atoms with Gasteiger partial charge in [0.25, 0.3) is 0 Å². The van der Waals surface area contributed by atoms with Crippen LogP contribution in [-0.2, 0) is 5.60 Å². The van der Waals surface area contributed by atoms with Crippen molar-refractivity contribution >= 4 is 0 Å². The van der Waals surface area contributed by atoms with Crippen molar-refractivity contribution in [1.82, 2.24) is 0 Å². The Kier molecular flexibility index (Phi) is 3.56. The van der Waals surface area contributed by atoms with Gasteiger partial charge in [0, 0.05) is 5.56 Å². The van der Waals surface area contributed by atoms with Crippen LogP contribution in [0, 0.1) is 12.7 Å². The maximum atomic E-state index is 13.4. The van der Waals surface area contributed by atoms with Gasteiger partial charge < -0.3 is 5.11 Å². The van der Waals surface area contributed by atoms with E-state index >= 15 is 0 Å². The minimum atomic E-state index is -4.92. The van der Waals surface area contributed by atoms with Crippen LogP contribution in [0.4, 0.5) is 17.6 Å². The average molecular weight is 284 g/mol. The molecule has 5 heteroatoms. The summed E-state index contributed by atoms with van der Waals surface area (Å²) in [6, 6.07) is 9.36. The fourth-order valence-corrected chi connectivity index (χ4v) is 2.14. The highest BCUT2D eigenvalue weighted by Crippen LogP contribution is 2.45. The van der Waals surface area contributed by atoms with Gasteiger partial charge >= 0.3 is 6.18 Å². The molecule has 0 saturated heterocycles. The van der Waals surface area contributed by atoms with Gasteiger partial charge in [-0.25, -0.2) is 4.39 Å². The third-order valence-electron chi connectivity index (χ3n) is 3.21. The number of halogens is 4. The van der Waals surface area contributed by atoms with Gasteiger partial charge in [0.2, 0.25) is 5.60 Å². The molecule has 20 heavy (non-hydrogen) atoms. The van der Waals surface area contributed by atoms with Gasteiger partial charge in [-0.3, -0.25) is 0 Å². The molecule has 0 bridgehead atoms. The lowest BCUT2D eigenvalue weighted by Gasteiger charge is -2.32. The van der Waals surface area contributed by atoms with Crippen LogP contribution in [0.1, 0.15) is 16.7 Å². The lowest BCUT2D eigenvalue weighted by atomic mass is 9.83. The molecule has 2 rings (SSSR count). The van der Waals surface area contributed by atoms with Crippen molar-refractivity contribution in [2.75, 3.05) is 0 Å². The Balaban J connectivity index is 2.70. The fourth-order valence-electron chi connectivity index (χ4n) is 2.14. The molecule has 1 nitrogen and oxygen atoms in total. The highest BCUT2D eigenvalue weighted by molar-refractivity contribution is 5.42. The van der Waals surface area contributed by atoms with Crippen molar-refractivity contribution in [2.24, 2.45) is 0 Å². The van der Waals surface area contributed by atoms with Crippen molar-refractivity contribution in [3.05, 3.63) is 71.0 Å². The number of aryl methyl sites for hydroxylation is 1. The predicted octanol–water partition coefficient (Wildman–Crippen LogP) is 3.93. The first-order chi connectivity index (χ1) is 9.26. The van der Waals surface area contributed by atoms with Gasteiger partial charge in [-0.05, 0) is 30.2 Å². The van der Waals surface area contributed by atoms with Gasteiger partial charge in [-0.1, -0.05) is 36.4 Å². The fraction of sp³-hybridized carbons (Fsp3) is 0.200. The van der Waals surface area contributed by atoms with Gasteiger partial charge in [-0.15, -0.1) is 0 Å². The Bertz CT molecular complexity index is 604. The zero-order chi connectivity index (χ0) is 15.0. The third-order valence-corrected chi connectivity index (χ3v) is 3.21. The Morgan fingerprint density at radius 1 is 0.900 bits per heavy atom. The number of hydrogen-bond donors (Lipinski definition) is 1. The van der Waals surface area contributed by atoms with Crippen molar-refractivity contribution in [1.29, 1.82) is 0 Å². The first-order valence-electron chi connectivity index (χ1n) is 5.88. The molecule has 0 aromatic heterocycles. The minimum absolute atomic E-state index is 0.265. The minimum Gasteiger partial charge on any atom is -0.372 e. The molecule has 1 N–H and O–H groups in total. The quantitative estimate of drug-likeness (QED) is 0.828. The highest BCUT2D eigenvalue weighted by Gasteiger charge is 2.56. The standard InChI is InChI=1S/C15H12F4O/c1-10-4-2-3-5-13(10)14(20,15(17,18)19)11-6-8-12(16)9-7-11/h2-9,20H,1H3. The molecular weight excluding hydrogens is 272 g/mol. The van der Waals surface area contributed by atoms with E-state index < -0.39 is 23.2 Å². The van der Waals surface area contributed by atoms with Crippen LogP contribution in [0.25, 0.3) is 0 Å². The Hall–Kier alpha value is -1.88. The monoisotopic (exact) mass is 284 g/mol. The number of benzene rings is 2. The van der Waals surface area contributed by atoms with Crippen LogP contribution in [-0.4, -0.2) is 11.3 Å². The zero-order valence-corrected chi connectivity index (χ0v) is 10.6. The maximum absolute atomic E-state index is 13.4. The normalized spacial score (nSPS) is 14.9. The average Bonchev–Trinajstić information content (AvgIpc) is 2.38. The molecule has 0 aliphatic heterocycles. The smallest absolute Gasteiger partial charge is 0.372 e. The van der Waals surface area contributed by atoms with Crippen LogP contribution in [0.3, 0.4) is 0 Å². The largest absolute Gasteiger partial charge is 0.425 e. The summed E-state index contributed by atoms with van der Waals surface area (Å²) >= 11 is 0. The van der Waals surface area contributed by atoms with Crippen LogP contribution in [0.15, 0.2) is 48.5 Å². The van der Waals surface area contributed by atoms with E-state index in [9.17, 15) is 22.7 Å². The summed E-state index contributed by atoms with van der Waals surface area (Å²) in [7, 11) is 0. The summed E-state index contributed by atoms with van der Waals surface area (Å²) < 4.78 is 53.1. The second-order valence-corrected chi connectivity index (χ2v) is 4.53. The number of rotatable bonds is 2. The van der Waals surface area contributed by atoms with Crippen molar-refractivity contribution in [2.45, 2.75) is 18.7 Å². The molecule has 0 saturated carbocycles. The number of alkyl halides is 3. The summed E-state index contributed by atoms with van der Waals surface area (Å²) in [5, 5.41) is 10.3. The molecule has 1 atom stereocenters. The molecule has 106 valence electrons. The Morgan fingerprint density at radius 3 is 1.95 bits per heavy atom. The summed E-state index contributed by atoms with van der Waals surface area (Å²) in [5.74, 6) is -0.664.